The molecule has 0 atom stereocenters. The average Bonchev–Trinajstić information content (AvgIpc) is 1.88. The standard InChI is InChI=1S/C8H10NO/c1-6-4-9-5-7(2)8(6)10-3/h4H,1-3H3. The topological polar surface area (TPSA) is 22.1 Å². The van der Waals surface area contributed by atoms with E-state index in [0.717, 1.165) is 16.9 Å². The van der Waals surface area contributed by atoms with Crippen LogP contribution in [0, 0.1) is 20.0 Å². The molecule has 0 fully saturated rings. The molecule has 10 heavy (non-hydrogen) atoms. The third kappa shape index (κ3) is 1.10. The first-order valence-corrected chi connectivity index (χ1v) is 3.13. The van der Waals surface area contributed by atoms with E-state index < -0.39 is 0 Å². The van der Waals surface area contributed by atoms with Gasteiger partial charge in [0.1, 0.15) is 5.75 Å². The molecule has 0 saturated heterocycles. The Balaban J connectivity index is 3.17. The summed E-state index contributed by atoms with van der Waals surface area (Å²) >= 11 is 0. The van der Waals surface area contributed by atoms with Crippen LogP contribution in [0.5, 0.6) is 5.75 Å². The maximum absolute atomic E-state index is 5.10. The largest absolute Gasteiger partial charge is 0.496 e. The van der Waals surface area contributed by atoms with Crippen LogP contribution in [-0.2, 0) is 0 Å². The van der Waals surface area contributed by atoms with Crippen molar-refractivity contribution in [3.63, 3.8) is 0 Å². The molecule has 1 heterocycles. The fourth-order valence-electron chi connectivity index (χ4n) is 0.945. The van der Waals surface area contributed by atoms with Gasteiger partial charge in [-0.3, -0.25) is 4.98 Å². The zero-order chi connectivity index (χ0) is 7.56. The van der Waals surface area contributed by atoms with Gasteiger partial charge in [0, 0.05) is 17.3 Å². The highest BCUT2D eigenvalue weighted by molar-refractivity contribution is 5.35. The van der Waals surface area contributed by atoms with Crippen LogP contribution in [0.2, 0.25) is 0 Å². The van der Waals surface area contributed by atoms with Crippen molar-refractivity contribution in [1.29, 1.82) is 0 Å². The Hall–Kier alpha value is -1.05. The van der Waals surface area contributed by atoms with Gasteiger partial charge in [0.05, 0.1) is 13.3 Å². The molecule has 0 bridgehead atoms. The quantitative estimate of drug-likeness (QED) is 0.583. The van der Waals surface area contributed by atoms with Gasteiger partial charge in [0.25, 0.3) is 0 Å². The van der Waals surface area contributed by atoms with Gasteiger partial charge in [-0.05, 0) is 13.8 Å². The first-order valence-electron chi connectivity index (χ1n) is 3.13. The Bertz CT molecular complexity index is 212. The van der Waals surface area contributed by atoms with Gasteiger partial charge in [0.2, 0.25) is 0 Å². The van der Waals surface area contributed by atoms with Crippen LogP contribution < -0.4 is 4.74 Å². The summed E-state index contributed by atoms with van der Waals surface area (Å²) in [7, 11) is 1.66. The number of pyridine rings is 1. The molecule has 0 unspecified atom stereocenters. The first kappa shape index (κ1) is 7.06. The van der Waals surface area contributed by atoms with Gasteiger partial charge in [-0.15, -0.1) is 0 Å². The summed E-state index contributed by atoms with van der Waals surface area (Å²) in [6, 6.07) is 0. The number of aromatic nitrogens is 1. The maximum Gasteiger partial charge on any atom is 0.128 e. The highest BCUT2D eigenvalue weighted by atomic mass is 16.5. The summed E-state index contributed by atoms with van der Waals surface area (Å²) in [5.41, 5.74) is 2.02. The number of hydrogen-bond donors (Lipinski definition) is 0. The second-order valence-electron chi connectivity index (χ2n) is 2.21. The summed E-state index contributed by atoms with van der Waals surface area (Å²) in [5.74, 6) is 0.884. The number of methoxy groups -OCH3 is 1. The minimum atomic E-state index is 0.884. The summed E-state index contributed by atoms with van der Waals surface area (Å²) in [6.45, 7) is 3.89. The summed E-state index contributed by atoms with van der Waals surface area (Å²) in [5, 5.41) is 0. The molecule has 0 aliphatic carbocycles. The summed E-state index contributed by atoms with van der Waals surface area (Å²) in [6.07, 6.45) is 4.56. The van der Waals surface area contributed by atoms with Gasteiger partial charge in [-0.1, -0.05) is 0 Å². The predicted octanol–water partition coefficient (Wildman–Crippen LogP) is 1.51. The van der Waals surface area contributed by atoms with Crippen LogP contribution in [0.15, 0.2) is 6.20 Å². The van der Waals surface area contributed by atoms with Crippen molar-refractivity contribution in [3.05, 3.63) is 23.5 Å². The molecular weight excluding hydrogens is 126 g/mol. The van der Waals surface area contributed by atoms with E-state index in [1.165, 1.54) is 0 Å². The van der Waals surface area contributed by atoms with Crippen LogP contribution in [0.25, 0.3) is 0 Å². The lowest BCUT2D eigenvalue weighted by Gasteiger charge is -2.04. The van der Waals surface area contributed by atoms with E-state index in [1.54, 1.807) is 13.3 Å². The molecule has 2 heteroatoms. The monoisotopic (exact) mass is 136 g/mol. The maximum atomic E-state index is 5.10. The van der Waals surface area contributed by atoms with Gasteiger partial charge in [-0.25, -0.2) is 0 Å². The van der Waals surface area contributed by atoms with E-state index >= 15 is 0 Å². The van der Waals surface area contributed by atoms with E-state index in [4.69, 9.17) is 4.74 Å². The normalized spacial score (nSPS) is 9.50. The summed E-state index contributed by atoms with van der Waals surface area (Å²) < 4.78 is 5.10. The van der Waals surface area contributed by atoms with E-state index in [0.29, 0.717) is 0 Å². The number of aryl methyl sites for hydroxylation is 2. The molecule has 0 aromatic carbocycles. The Morgan fingerprint density at radius 3 is 2.60 bits per heavy atom. The lowest BCUT2D eigenvalue weighted by molar-refractivity contribution is 0.407. The minimum absolute atomic E-state index is 0.884. The first-order chi connectivity index (χ1) is 4.75. The lowest BCUT2D eigenvalue weighted by atomic mass is 10.2. The predicted molar refractivity (Wildman–Crippen MR) is 39.1 cm³/mol. The van der Waals surface area contributed by atoms with Crippen molar-refractivity contribution >= 4 is 0 Å². The van der Waals surface area contributed by atoms with E-state index in [1.807, 2.05) is 13.8 Å². The number of ether oxygens (including phenoxy) is 1. The molecule has 0 N–H and O–H groups in total. The fourth-order valence-corrected chi connectivity index (χ4v) is 0.945. The van der Waals surface area contributed by atoms with Crippen molar-refractivity contribution in [2.75, 3.05) is 7.11 Å². The van der Waals surface area contributed by atoms with Crippen LogP contribution >= 0.6 is 0 Å². The molecule has 1 radical (unpaired) electrons. The molecule has 2 nitrogen and oxygen atoms in total. The number of rotatable bonds is 1. The molecule has 0 saturated carbocycles. The smallest absolute Gasteiger partial charge is 0.128 e. The Labute approximate surface area is 60.9 Å². The lowest BCUT2D eigenvalue weighted by Crippen LogP contribution is -1.91. The Morgan fingerprint density at radius 2 is 2.20 bits per heavy atom. The van der Waals surface area contributed by atoms with E-state index in [2.05, 4.69) is 11.2 Å². The van der Waals surface area contributed by atoms with Crippen LogP contribution in [0.4, 0.5) is 0 Å². The SMILES string of the molecule is COc1c(C)[c]ncc1C. The molecule has 1 aromatic heterocycles. The minimum Gasteiger partial charge on any atom is -0.496 e. The van der Waals surface area contributed by atoms with Crippen LogP contribution in [0.3, 0.4) is 0 Å². The molecule has 1 aromatic rings. The molecular formula is C8H10NO. The second-order valence-corrected chi connectivity index (χ2v) is 2.21. The van der Waals surface area contributed by atoms with Crippen molar-refractivity contribution in [2.24, 2.45) is 0 Å². The molecule has 0 aliphatic heterocycles. The molecule has 0 aliphatic rings. The van der Waals surface area contributed by atoms with Crippen LogP contribution in [0.1, 0.15) is 11.1 Å². The third-order valence-corrected chi connectivity index (χ3v) is 1.39. The molecule has 1 rings (SSSR count). The fraction of sp³-hybridized carbons (Fsp3) is 0.375. The Morgan fingerprint density at radius 1 is 1.50 bits per heavy atom. The third-order valence-electron chi connectivity index (χ3n) is 1.39. The average molecular weight is 136 g/mol. The van der Waals surface area contributed by atoms with Crippen molar-refractivity contribution in [2.45, 2.75) is 13.8 Å². The van der Waals surface area contributed by atoms with E-state index in [-0.39, 0.29) is 0 Å². The number of hydrogen-bond acceptors (Lipinski definition) is 2. The zero-order valence-electron chi connectivity index (χ0n) is 6.43. The van der Waals surface area contributed by atoms with Gasteiger partial charge < -0.3 is 4.74 Å². The highest BCUT2D eigenvalue weighted by Crippen LogP contribution is 2.19. The van der Waals surface area contributed by atoms with Crippen LogP contribution in [-0.4, -0.2) is 12.1 Å². The molecule has 0 amide bonds. The van der Waals surface area contributed by atoms with Gasteiger partial charge in [0.15, 0.2) is 0 Å². The van der Waals surface area contributed by atoms with Gasteiger partial charge >= 0.3 is 0 Å². The summed E-state index contributed by atoms with van der Waals surface area (Å²) in [4.78, 5) is 3.89. The van der Waals surface area contributed by atoms with Crippen molar-refractivity contribution < 1.29 is 4.74 Å². The Kier molecular flexibility index (Phi) is 1.90. The second kappa shape index (κ2) is 2.69. The molecule has 53 valence electrons. The van der Waals surface area contributed by atoms with E-state index in [9.17, 15) is 0 Å². The zero-order valence-corrected chi connectivity index (χ0v) is 6.43. The van der Waals surface area contributed by atoms with Crippen molar-refractivity contribution in [3.8, 4) is 5.75 Å². The highest BCUT2D eigenvalue weighted by Gasteiger charge is 2.00. The number of nitrogens with zero attached hydrogens (tertiary/aromatic N) is 1. The molecule has 0 spiro atoms. The van der Waals surface area contributed by atoms with Crippen molar-refractivity contribution in [1.82, 2.24) is 4.98 Å². The van der Waals surface area contributed by atoms with Gasteiger partial charge in [-0.2, -0.15) is 0 Å².